The second-order valence-corrected chi connectivity index (χ2v) is 10.7. The normalized spacial score (nSPS) is 23.9. The monoisotopic (exact) mass is 493 g/mol. The van der Waals surface area contributed by atoms with E-state index in [4.69, 9.17) is 0 Å². The molecule has 5 heteroatoms. The van der Waals surface area contributed by atoms with Crippen molar-refractivity contribution in [3.63, 3.8) is 0 Å². The summed E-state index contributed by atoms with van der Waals surface area (Å²) in [5.74, 6) is 0.590. The van der Waals surface area contributed by atoms with Gasteiger partial charge in [-0.1, -0.05) is 66.8 Å². The van der Waals surface area contributed by atoms with Crippen LogP contribution in [0, 0.1) is 11.8 Å². The third-order valence-corrected chi connectivity index (χ3v) is 8.45. The Bertz CT molecular complexity index is 1350. The molecular formula is C32H35N3O2. The van der Waals surface area contributed by atoms with E-state index in [2.05, 4.69) is 57.6 Å². The second-order valence-electron chi connectivity index (χ2n) is 10.7. The van der Waals surface area contributed by atoms with E-state index >= 15 is 0 Å². The number of fused-ring (bicyclic) bond motifs is 2. The van der Waals surface area contributed by atoms with Crippen molar-refractivity contribution in [1.82, 2.24) is 9.80 Å². The maximum atomic E-state index is 13.9. The molecule has 2 heterocycles. The molecule has 0 saturated carbocycles. The number of hydrogen-bond acceptors (Lipinski definition) is 3. The fourth-order valence-electron chi connectivity index (χ4n) is 6.47. The molecule has 2 aromatic rings. The van der Waals surface area contributed by atoms with Crippen molar-refractivity contribution in [1.29, 1.82) is 0 Å². The maximum absolute atomic E-state index is 13.9. The Morgan fingerprint density at radius 3 is 2.51 bits per heavy atom. The number of nitrogens with one attached hydrogen (secondary N) is 1. The Morgan fingerprint density at radius 1 is 0.892 bits per heavy atom. The number of para-hydroxylation sites is 1. The van der Waals surface area contributed by atoms with Gasteiger partial charge < -0.3 is 10.2 Å². The summed E-state index contributed by atoms with van der Waals surface area (Å²) in [7, 11) is 0. The molecule has 37 heavy (non-hydrogen) atoms. The summed E-state index contributed by atoms with van der Waals surface area (Å²) in [4.78, 5) is 31.4. The van der Waals surface area contributed by atoms with Crippen molar-refractivity contribution in [2.24, 2.45) is 11.8 Å². The Kier molecular flexibility index (Phi) is 6.79. The summed E-state index contributed by atoms with van der Waals surface area (Å²) in [6, 6.07) is 18.5. The first kappa shape index (κ1) is 23.9. The van der Waals surface area contributed by atoms with Crippen LogP contribution in [0.2, 0.25) is 0 Å². The smallest absolute Gasteiger partial charge is 0.254 e. The average Bonchev–Trinajstić information content (AvgIpc) is 2.96. The van der Waals surface area contributed by atoms with Gasteiger partial charge in [-0.2, -0.15) is 0 Å². The summed E-state index contributed by atoms with van der Waals surface area (Å²) in [6.07, 6.45) is 13.6. The SMILES string of the molecule is O=C(Nc1ccccc1)C1CCCN(C2CCN(C(=O)C3=c4ccccc4=CC4CC=CC=C34)CC2)C1. The summed E-state index contributed by atoms with van der Waals surface area (Å²) >= 11 is 0. The zero-order valence-electron chi connectivity index (χ0n) is 21.3. The van der Waals surface area contributed by atoms with Crippen molar-refractivity contribution < 1.29 is 9.59 Å². The number of carbonyl (C=O) groups is 2. The lowest BCUT2D eigenvalue weighted by Crippen LogP contribution is -2.51. The lowest BCUT2D eigenvalue weighted by molar-refractivity contribution is -0.126. The zero-order valence-corrected chi connectivity index (χ0v) is 21.3. The predicted octanol–water partition coefficient (Wildman–Crippen LogP) is 3.48. The van der Waals surface area contributed by atoms with Gasteiger partial charge >= 0.3 is 0 Å². The Labute approximate surface area is 218 Å². The first-order valence-electron chi connectivity index (χ1n) is 13.7. The molecule has 2 unspecified atom stereocenters. The molecule has 2 aliphatic carbocycles. The number of amides is 2. The van der Waals surface area contributed by atoms with E-state index in [1.165, 1.54) is 5.22 Å². The first-order chi connectivity index (χ1) is 18.2. The predicted molar refractivity (Wildman–Crippen MR) is 148 cm³/mol. The lowest BCUT2D eigenvalue weighted by Gasteiger charge is -2.42. The zero-order chi connectivity index (χ0) is 25.2. The molecule has 4 aliphatic rings. The van der Waals surface area contributed by atoms with E-state index in [0.29, 0.717) is 6.04 Å². The van der Waals surface area contributed by atoms with Crippen LogP contribution in [-0.2, 0) is 9.59 Å². The van der Waals surface area contributed by atoms with Crippen LogP contribution in [-0.4, -0.2) is 53.8 Å². The highest BCUT2D eigenvalue weighted by Gasteiger charge is 2.34. The van der Waals surface area contributed by atoms with Crippen molar-refractivity contribution in [2.45, 2.75) is 38.1 Å². The van der Waals surface area contributed by atoms with Crippen LogP contribution in [0.25, 0.3) is 11.6 Å². The van der Waals surface area contributed by atoms with Gasteiger partial charge in [-0.25, -0.2) is 0 Å². The fraction of sp³-hybridized carbons (Fsp3) is 0.375. The molecule has 2 atom stereocenters. The second kappa shape index (κ2) is 10.5. The Hall–Kier alpha value is -3.44. The molecule has 1 N–H and O–H groups in total. The highest BCUT2D eigenvalue weighted by molar-refractivity contribution is 6.20. The standard InChI is InChI=1S/C32H35N3O2/c36-31(33-26-12-2-1-3-13-26)25-11-8-18-35(22-25)27-16-19-34(20-17-27)32(37)30-28-14-6-4-9-23(28)21-24-10-5-7-15-29(24)30/h1-7,9,12-15,21,24-25,27H,8,10-11,16-20,22H2,(H,33,36). The number of nitrogens with zero attached hydrogens (tertiary/aromatic N) is 2. The number of hydrogen-bond donors (Lipinski definition) is 1. The number of benzene rings is 2. The van der Waals surface area contributed by atoms with Gasteiger partial charge in [0.1, 0.15) is 0 Å². The van der Waals surface area contributed by atoms with Gasteiger partial charge in [0.25, 0.3) is 5.91 Å². The Morgan fingerprint density at radius 2 is 1.68 bits per heavy atom. The van der Waals surface area contributed by atoms with E-state index in [1.54, 1.807) is 0 Å². The summed E-state index contributed by atoms with van der Waals surface area (Å²) in [5.41, 5.74) is 2.92. The fourth-order valence-corrected chi connectivity index (χ4v) is 6.47. The van der Waals surface area contributed by atoms with E-state index in [-0.39, 0.29) is 23.7 Å². The van der Waals surface area contributed by atoms with E-state index < -0.39 is 0 Å². The number of rotatable bonds is 4. The maximum Gasteiger partial charge on any atom is 0.254 e. The van der Waals surface area contributed by atoms with Crippen LogP contribution in [0.3, 0.4) is 0 Å². The molecule has 6 rings (SSSR count). The summed E-state index contributed by atoms with van der Waals surface area (Å²) in [5, 5.41) is 5.33. The van der Waals surface area contributed by atoms with Gasteiger partial charge in [0.05, 0.1) is 11.5 Å². The van der Waals surface area contributed by atoms with E-state index in [9.17, 15) is 9.59 Å². The highest BCUT2D eigenvalue weighted by Crippen LogP contribution is 2.32. The van der Waals surface area contributed by atoms with Crippen molar-refractivity contribution in [3.8, 4) is 0 Å². The van der Waals surface area contributed by atoms with Crippen LogP contribution in [0.15, 0.2) is 78.4 Å². The number of allylic oxidation sites excluding steroid dienone is 3. The van der Waals surface area contributed by atoms with E-state index in [0.717, 1.165) is 80.3 Å². The van der Waals surface area contributed by atoms with Gasteiger partial charge in [0.15, 0.2) is 0 Å². The lowest BCUT2D eigenvalue weighted by atomic mass is 9.80. The van der Waals surface area contributed by atoms with Crippen molar-refractivity contribution >= 4 is 29.2 Å². The van der Waals surface area contributed by atoms with Gasteiger partial charge in [0.2, 0.25) is 5.91 Å². The molecule has 2 saturated heterocycles. The van der Waals surface area contributed by atoms with Gasteiger partial charge in [-0.15, -0.1) is 0 Å². The summed E-state index contributed by atoms with van der Waals surface area (Å²) < 4.78 is 0. The molecular weight excluding hydrogens is 458 g/mol. The van der Waals surface area contributed by atoms with Crippen molar-refractivity contribution in [2.75, 3.05) is 31.5 Å². The molecule has 0 bridgehead atoms. The van der Waals surface area contributed by atoms with Gasteiger partial charge in [-0.05, 0) is 66.8 Å². The molecule has 5 nitrogen and oxygen atoms in total. The van der Waals surface area contributed by atoms with Gasteiger partial charge in [0, 0.05) is 37.3 Å². The van der Waals surface area contributed by atoms with Crippen LogP contribution in [0.1, 0.15) is 32.1 Å². The third-order valence-electron chi connectivity index (χ3n) is 8.45. The molecule has 2 aliphatic heterocycles. The van der Waals surface area contributed by atoms with Crippen LogP contribution < -0.4 is 15.8 Å². The molecule has 190 valence electrons. The minimum absolute atomic E-state index is 0.0161. The molecule has 2 aromatic carbocycles. The summed E-state index contributed by atoms with van der Waals surface area (Å²) in [6.45, 7) is 3.38. The largest absolute Gasteiger partial charge is 0.339 e. The topological polar surface area (TPSA) is 52.7 Å². The highest BCUT2D eigenvalue weighted by atomic mass is 16.2. The van der Waals surface area contributed by atoms with Crippen LogP contribution in [0.4, 0.5) is 5.69 Å². The van der Waals surface area contributed by atoms with E-state index in [1.807, 2.05) is 36.4 Å². The molecule has 0 spiro atoms. The van der Waals surface area contributed by atoms with Gasteiger partial charge in [-0.3, -0.25) is 14.5 Å². The minimum atomic E-state index is 0.0161. The number of anilines is 1. The minimum Gasteiger partial charge on any atom is -0.339 e. The molecule has 0 aromatic heterocycles. The van der Waals surface area contributed by atoms with Crippen LogP contribution in [0.5, 0.6) is 0 Å². The van der Waals surface area contributed by atoms with Crippen molar-refractivity contribution in [3.05, 3.63) is 88.8 Å². The van der Waals surface area contributed by atoms with Crippen LogP contribution >= 0.6 is 0 Å². The first-order valence-corrected chi connectivity index (χ1v) is 13.7. The molecule has 0 radical (unpaired) electrons. The quantitative estimate of drug-likeness (QED) is 0.710. The molecule has 2 amide bonds. The Balaban J connectivity index is 1.12. The molecule has 2 fully saturated rings. The third kappa shape index (κ3) is 4.93. The average molecular weight is 494 g/mol. The number of carbonyl (C=O) groups excluding carboxylic acids is 2. The number of likely N-dealkylation sites (tertiary alicyclic amines) is 2. The number of piperidine rings is 2.